The molecule has 0 saturated heterocycles. The highest BCUT2D eigenvalue weighted by atomic mass is 16.5. The summed E-state index contributed by atoms with van der Waals surface area (Å²) in [5, 5.41) is 0. The number of carbonyl (C=O) groups is 2. The van der Waals surface area contributed by atoms with Crippen molar-refractivity contribution in [3.63, 3.8) is 0 Å². The average molecular weight is 365 g/mol. The van der Waals surface area contributed by atoms with Crippen LogP contribution in [0.1, 0.15) is 28.4 Å². The zero-order valence-corrected chi connectivity index (χ0v) is 15.8. The fourth-order valence-electron chi connectivity index (χ4n) is 2.94. The normalized spacial score (nSPS) is 14.2. The summed E-state index contributed by atoms with van der Waals surface area (Å²) in [6.45, 7) is 2.31. The predicted octanol–water partition coefficient (Wildman–Crippen LogP) is 3.37. The Morgan fingerprint density at radius 1 is 1.11 bits per heavy atom. The highest BCUT2D eigenvalue weighted by Gasteiger charge is 2.24. The van der Waals surface area contributed by atoms with E-state index in [1.807, 2.05) is 49.4 Å². The third-order valence-electron chi connectivity index (χ3n) is 4.39. The summed E-state index contributed by atoms with van der Waals surface area (Å²) in [7, 11) is 3.36. The average Bonchev–Trinajstić information content (AvgIpc) is 2.97. The molecule has 0 bridgehead atoms. The fraction of sp³-hybridized carbons (Fsp3) is 0.273. The van der Waals surface area contributed by atoms with Gasteiger partial charge in [-0.1, -0.05) is 30.3 Å². The summed E-state index contributed by atoms with van der Waals surface area (Å²) in [4.78, 5) is 25.8. The molecule has 0 aromatic heterocycles. The molecule has 2 aromatic rings. The van der Waals surface area contributed by atoms with E-state index in [-0.39, 0.29) is 18.3 Å². The van der Waals surface area contributed by atoms with Crippen molar-refractivity contribution in [2.45, 2.75) is 13.3 Å². The molecule has 0 radical (unpaired) electrons. The molecular formula is C22H23NO4. The predicted molar refractivity (Wildman–Crippen MR) is 104 cm³/mol. The molecule has 1 aliphatic rings. The second kappa shape index (κ2) is 8.08. The standard InChI is InChI=1S/C22H23NO4/c1-4-26-20-12-15(9-10-19(20)27-14-21(24)23(2)3)11-17-13-16-7-5-6-8-18(16)22(17)25/h5-12H,4,13-14H2,1-3H3/b17-11+. The molecule has 3 rings (SSSR count). The molecule has 5 nitrogen and oxygen atoms in total. The first-order chi connectivity index (χ1) is 13.0. The van der Waals surface area contributed by atoms with E-state index >= 15 is 0 Å². The lowest BCUT2D eigenvalue weighted by atomic mass is 10.1. The van der Waals surface area contributed by atoms with Crippen molar-refractivity contribution >= 4 is 17.8 Å². The molecule has 0 atom stereocenters. The first kappa shape index (κ1) is 18.7. The van der Waals surface area contributed by atoms with E-state index in [9.17, 15) is 9.59 Å². The molecule has 2 aromatic carbocycles. The van der Waals surface area contributed by atoms with Gasteiger partial charge < -0.3 is 14.4 Å². The third-order valence-corrected chi connectivity index (χ3v) is 4.39. The van der Waals surface area contributed by atoms with Crippen molar-refractivity contribution < 1.29 is 19.1 Å². The van der Waals surface area contributed by atoms with Crippen molar-refractivity contribution in [2.75, 3.05) is 27.3 Å². The summed E-state index contributed by atoms with van der Waals surface area (Å²) in [5.74, 6) is 1.01. The highest BCUT2D eigenvalue weighted by Crippen LogP contribution is 2.32. The van der Waals surface area contributed by atoms with E-state index in [1.54, 1.807) is 20.2 Å². The minimum Gasteiger partial charge on any atom is -0.490 e. The molecular weight excluding hydrogens is 342 g/mol. The molecule has 0 saturated carbocycles. The van der Waals surface area contributed by atoms with Gasteiger partial charge in [0.05, 0.1) is 6.61 Å². The topological polar surface area (TPSA) is 55.8 Å². The van der Waals surface area contributed by atoms with Crippen molar-refractivity contribution in [1.29, 1.82) is 0 Å². The van der Waals surface area contributed by atoms with Gasteiger partial charge in [-0.3, -0.25) is 9.59 Å². The van der Waals surface area contributed by atoms with Crippen LogP contribution in [0.3, 0.4) is 0 Å². The smallest absolute Gasteiger partial charge is 0.259 e. The number of carbonyl (C=O) groups excluding carboxylic acids is 2. The summed E-state index contributed by atoms with van der Waals surface area (Å²) in [5.41, 5.74) is 3.45. The maximum atomic E-state index is 12.6. The SMILES string of the molecule is CCOc1cc(/C=C2\Cc3ccccc3C2=O)ccc1OCC(=O)N(C)C. The Kier molecular flexibility index (Phi) is 5.60. The van der Waals surface area contributed by atoms with E-state index in [0.29, 0.717) is 24.5 Å². The number of allylic oxidation sites excluding steroid dienone is 1. The van der Waals surface area contributed by atoms with Crippen LogP contribution in [0.2, 0.25) is 0 Å². The van der Waals surface area contributed by atoms with Gasteiger partial charge in [-0.15, -0.1) is 0 Å². The Bertz CT molecular complexity index is 899. The minimum atomic E-state index is -0.127. The number of amides is 1. The van der Waals surface area contributed by atoms with Gasteiger partial charge in [-0.25, -0.2) is 0 Å². The first-order valence-corrected chi connectivity index (χ1v) is 8.92. The van der Waals surface area contributed by atoms with Crippen molar-refractivity contribution in [3.8, 4) is 11.5 Å². The number of benzene rings is 2. The van der Waals surface area contributed by atoms with E-state index in [4.69, 9.17) is 9.47 Å². The molecule has 0 fully saturated rings. The number of nitrogens with zero attached hydrogens (tertiary/aromatic N) is 1. The fourth-order valence-corrected chi connectivity index (χ4v) is 2.94. The molecule has 5 heteroatoms. The molecule has 140 valence electrons. The molecule has 0 N–H and O–H groups in total. The second-order valence-corrected chi connectivity index (χ2v) is 6.55. The molecule has 0 unspecified atom stereocenters. The molecule has 0 aliphatic heterocycles. The van der Waals surface area contributed by atoms with Gasteiger partial charge in [0.2, 0.25) is 0 Å². The number of Topliss-reactive ketones (excluding diaryl/α,β-unsaturated/α-hetero) is 1. The van der Waals surface area contributed by atoms with Crippen LogP contribution in [0.25, 0.3) is 6.08 Å². The number of ether oxygens (including phenoxy) is 2. The highest BCUT2D eigenvalue weighted by molar-refractivity contribution is 6.15. The lowest BCUT2D eigenvalue weighted by molar-refractivity contribution is -0.130. The van der Waals surface area contributed by atoms with Gasteiger partial charge in [0.1, 0.15) is 0 Å². The van der Waals surface area contributed by atoms with Gasteiger partial charge in [0, 0.05) is 31.7 Å². The zero-order chi connectivity index (χ0) is 19.4. The molecule has 27 heavy (non-hydrogen) atoms. The number of likely N-dealkylation sites (N-methyl/N-ethyl adjacent to an activating group) is 1. The molecule has 1 amide bonds. The van der Waals surface area contributed by atoms with Crippen LogP contribution in [-0.4, -0.2) is 43.9 Å². The van der Waals surface area contributed by atoms with Crippen LogP contribution < -0.4 is 9.47 Å². The van der Waals surface area contributed by atoms with Crippen LogP contribution >= 0.6 is 0 Å². The van der Waals surface area contributed by atoms with Crippen molar-refractivity contribution in [1.82, 2.24) is 4.90 Å². The summed E-state index contributed by atoms with van der Waals surface area (Å²) in [6.07, 6.45) is 2.52. The maximum absolute atomic E-state index is 12.6. The van der Waals surface area contributed by atoms with E-state index < -0.39 is 0 Å². The molecule has 0 heterocycles. The van der Waals surface area contributed by atoms with E-state index in [2.05, 4.69) is 0 Å². The zero-order valence-electron chi connectivity index (χ0n) is 15.8. The quantitative estimate of drug-likeness (QED) is 0.737. The van der Waals surface area contributed by atoms with Crippen LogP contribution in [0.5, 0.6) is 11.5 Å². The number of hydrogen-bond acceptors (Lipinski definition) is 4. The second-order valence-electron chi connectivity index (χ2n) is 6.55. The largest absolute Gasteiger partial charge is 0.490 e. The Morgan fingerprint density at radius 2 is 1.89 bits per heavy atom. The van der Waals surface area contributed by atoms with E-state index in [1.165, 1.54) is 4.90 Å². The van der Waals surface area contributed by atoms with Gasteiger partial charge in [0.15, 0.2) is 23.9 Å². The molecule has 0 spiro atoms. The Labute approximate surface area is 159 Å². The molecule has 1 aliphatic carbocycles. The van der Waals surface area contributed by atoms with Crippen LogP contribution in [0.15, 0.2) is 48.0 Å². The third kappa shape index (κ3) is 4.19. The Morgan fingerprint density at radius 3 is 2.59 bits per heavy atom. The monoisotopic (exact) mass is 365 g/mol. The first-order valence-electron chi connectivity index (χ1n) is 8.92. The van der Waals surface area contributed by atoms with Gasteiger partial charge in [-0.2, -0.15) is 0 Å². The number of hydrogen-bond donors (Lipinski definition) is 0. The summed E-state index contributed by atoms with van der Waals surface area (Å²) < 4.78 is 11.3. The number of fused-ring (bicyclic) bond motifs is 1. The van der Waals surface area contributed by atoms with E-state index in [0.717, 1.165) is 22.3 Å². The van der Waals surface area contributed by atoms with Gasteiger partial charge >= 0.3 is 0 Å². The Balaban J connectivity index is 1.82. The Hall–Kier alpha value is -3.08. The van der Waals surface area contributed by atoms with Crippen molar-refractivity contribution in [3.05, 3.63) is 64.7 Å². The van der Waals surface area contributed by atoms with Crippen LogP contribution in [-0.2, 0) is 11.2 Å². The lowest BCUT2D eigenvalue weighted by Gasteiger charge is -2.14. The number of ketones is 1. The lowest BCUT2D eigenvalue weighted by Crippen LogP contribution is -2.27. The van der Waals surface area contributed by atoms with Gasteiger partial charge in [-0.05, 0) is 36.3 Å². The summed E-state index contributed by atoms with van der Waals surface area (Å²) >= 11 is 0. The van der Waals surface area contributed by atoms with Crippen LogP contribution in [0.4, 0.5) is 0 Å². The van der Waals surface area contributed by atoms with Crippen LogP contribution in [0, 0.1) is 0 Å². The summed E-state index contributed by atoms with van der Waals surface area (Å²) in [6, 6.07) is 13.1. The maximum Gasteiger partial charge on any atom is 0.259 e. The van der Waals surface area contributed by atoms with Gasteiger partial charge in [0.25, 0.3) is 5.91 Å². The van der Waals surface area contributed by atoms with Crippen molar-refractivity contribution in [2.24, 2.45) is 0 Å². The number of rotatable bonds is 6. The minimum absolute atomic E-state index is 0.0543.